The summed E-state index contributed by atoms with van der Waals surface area (Å²) in [5.74, 6) is -1.80. The Labute approximate surface area is 133 Å². The van der Waals surface area contributed by atoms with Crippen molar-refractivity contribution in [2.45, 2.75) is 13.8 Å². The standard InChI is InChI=1S/C15H14O3.Na/c1-15(2,14(17)18)13(16)12-8-7-10-5-3-4-6-11(10)9-12;/h3-9H,1-2H3,(H,17,18);/q;+1/p-1. The van der Waals surface area contributed by atoms with Gasteiger partial charge >= 0.3 is 29.6 Å². The van der Waals surface area contributed by atoms with Crippen LogP contribution in [0.2, 0.25) is 0 Å². The third kappa shape index (κ3) is 3.06. The molecular weight excluding hydrogens is 251 g/mol. The molecule has 2 aromatic rings. The van der Waals surface area contributed by atoms with Crippen LogP contribution in [0.25, 0.3) is 10.8 Å². The summed E-state index contributed by atoms with van der Waals surface area (Å²) in [5, 5.41) is 12.9. The van der Waals surface area contributed by atoms with Gasteiger partial charge in [-0.3, -0.25) is 4.79 Å². The fourth-order valence-electron chi connectivity index (χ4n) is 1.78. The fraction of sp³-hybridized carbons (Fsp3) is 0.200. The third-order valence-electron chi connectivity index (χ3n) is 3.09. The van der Waals surface area contributed by atoms with E-state index in [2.05, 4.69) is 0 Å². The maximum atomic E-state index is 12.1. The molecule has 0 unspecified atom stereocenters. The first kappa shape index (κ1) is 15.9. The maximum Gasteiger partial charge on any atom is 1.00 e. The number of fused-ring (bicyclic) bond motifs is 1. The zero-order chi connectivity index (χ0) is 13.3. The van der Waals surface area contributed by atoms with Gasteiger partial charge in [0, 0.05) is 5.56 Å². The molecule has 0 aliphatic heterocycles. The van der Waals surface area contributed by atoms with Crippen molar-refractivity contribution < 1.29 is 44.3 Å². The van der Waals surface area contributed by atoms with Crippen LogP contribution in [0, 0.1) is 5.41 Å². The Morgan fingerprint density at radius 2 is 1.58 bits per heavy atom. The van der Waals surface area contributed by atoms with Crippen LogP contribution in [-0.4, -0.2) is 11.8 Å². The van der Waals surface area contributed by atoms with Crippen LogP contribution in [0.1, 0.15) is 24.2 Å². The molecule has 0 saturated carbocycles. The minimum absolute atomic E-state index is 0. The smallest absolute Gasteiger partial charge is 0.549 e. The number of ketones is 1. The number of hydrogen-bond donors (Lipinski definition) is 0. The molecule has 0 aliphatic carbocycles. The second-order valence-corrected chi connectivity index (χ2v) is 4.80. The van der Waals surface area contributed by atoms with E-state index in [1.165, 1.54) is 13.8 Å². The average molecular weight is 264 g/mol. The number of hydrogen-bond acceptors (Lipinski definition) is 3. The first-order chi connectivity index (χ1) is 8.43. The molecule has 0 radical (unpaired) electrons. The molecule has 3 nitrogen and oxygen atoms in total. The summed E-state index contributed by atoms with van der Waals surface area (Å²) in [6.07, 6.45) is 0. The molecule has 0 amide bonds. The molecular formula is C15H13NaO3. The Morgan fingerprint density at radius 1 is 1.00 bits per heavy atom. The summed E-state index contributed by atoms with van der Waals surface area (Å²) in [5.41, 5.74) is -1.12. The van der Waals surface area contributed by atoms with E-state index < -0.39 is 17.2 Å². The zero-order valence-electron chi connectivity index (χ0n) is 11.3. The topological polar surface area (TPSA) is 57.2 Å². The van der Waals surface area contributed by atoms with E-state index in [-0.39, 0.29) is 29.6 Å². The predicted octanol–water partition coefficient (Wildman–Crippen LogP) is -1.20. The van der Waals surface area contributed by atoms with E-state index in [4.69, 9.17) is 0 Å². The quantitative estimate of drug-likeness (QED) is 0.397. The normalized spacial score (nSPS) is 10.8. The second kappa shape index (κ2) is 5.87. The molecule has 0 atom stereocenters. The fourth-order valence-corrected chi connectivity index (χ4v) is 1.78. The first-order valence-corrected chi connectivity index (χ1v) is 5.68. The summed E-state index contributed by atoms with van der Waals surface area (Å²) in [6.45, 7) is 2.72. The van der Waals surface area contributed by atoms with Gasteiger partial charge in [0.1, 0.15) is 0 Å². The summed E-state index contributed by atoms with van der Waals surface area (Å²) in [4.78, 5) is 23.1. The van der Waals surface area contributed by atoms with Crippen molar-refractivity contribution >= 4 is 22.5 Å². The molecule has 0 aromatic heterocycles. The number of rotatable bonds is 3. The second-order valence-electron chi connectivity index (χ2n) is 4.80. The summed E-state index contributed by atoms with van der Waals surface area (Å²) < 4.78 is 0. The molecule has 19 heavy (non-hydrogen) atoms. The first-order valence-electron chi connectivity index (χ1n) is 5.68. The molecule has 4 heteroatoms. The van der Waals surface area contributed by atoms with Crippen LogP contribution in [0.3, 0.4) is 0 Å². The van der Waals surface area contributed by atoms with Crippen molar-refractivity contribution in [1.29, 1.82) is 0 Å². The summed E-state index contributed by atoms with van der Waals surface area (Å²) in [7, 11) is 0. The van der Waals surface area contributed by atoms with Crippen molar-refractivity contribution in [3.05, 3.63) is 48.0 Å². The number of benzene rings is 2. The van der Waals surface area contributed by atoms with Gasteiger partial charge < -0.3 is 9.90 Å². The molecule has 0 aliphatic rings. The van der Waals surface area contributed by atoms with Gasteiger partial charge in [-0.15, -0.1) is 0 Å². The monoisotopic (exact) mass is 264 g/mol. The van der Waals surface area contributed by atoms with E-state index >= 15 is 0 Å². The number of carbonyl (C=O) groups excluding carboxylic acids is 2. The van der Waals surface area contributed by atoms with Crippen molar-refractivity contribution in [1.82, 2.24) is 0 Å². The van der Waals surface area contributed by atoms with Crippen molar-refractivity contribution in [2.75, 3.05) is 0 Å². The molecule has 0 N–H and O–H groups in total. The average Bonchev–Trinajstić information content (AvgIpc) is 2.37. The molecule has 0 spiro atoms. The maximum absolute atomic E-state index is 12.1. The number of carboxylic acids is 1. The van der Waals surface area contributed by atoms with Gasteiger partial charge in [-0.2, -0.15) is 0 Å². The number of carboxylic acid groups (broad SMARTS) is 1. The molecule has 92 valence electrons. The molecule has 0 heterocycles. The molecule has 2 aromatic carbocycles. The van der Waals surface area contributed by atoms with Crippen molar-refractivity contribution in [3.8, 4) is 0 Å². The minimum atomic E-state index is -1.51. The van der Waals surface area contributed by atoms with Gasteiger partial charge in [-0.1, -0.05) is 36.4 Å². The van der Waals surface area contributed by atoms with Crippen molar-refractivity contribution in [2.24, 2.45) is 5.41 Å². The van der Waals surface area contributed by atoms with E-state index in [0.717, 1.165) is 10.8 Å². The van der Waals surface area contributed by atoms with Gasteiger partial charge in [-0.05, 0) is 30.7 Å². The van der Waals surface area contributed by atoms with Gasteiger partial charge in [0.25, 0.3) is 0 Å². The van der Waals surface area contributed by atoms with Crippen LogP contribution in [0.5, 0.6) is 0 Å². The molecule has 0 bridgehead atoms. The molecule has 0 fully saturated rings. The van der Waals surface area contributed by atoms with E-state index in [9.17, 15) is 14.7 Å². The summed E-state index contributed by atoms with van der Waals surface area (Å²) in [6, 6.07) is 12.8. The van der Waals surface area contributed by atoms with Crippen LogP contribution < -0.4 is 34.7 Å². The molecule has 2 rings (SSSR count). The van der Waals surface area contributed by atoms with E-state index in [0.29, 0.717) is 5.56 Å². The van der Waals surface area contributed by atoms with Gasteiger partial charge in [0.05, 0.1) is 11.4 Å². The Hall–Kier alpha value is -1.16. The Bertz CT molecular complexity index is 632. The number of aliphatic carboxylic acids is 1. The third-order valence-corrected chi connectivity index (χ3v) is 3.09. The van der Waals surface area contributed by atoms with Gasteiger partial charge in [-0.25, -0.2) is 0 Å². The SMILES string of the molecule is CC(C)(C(=O)[O-])C(=O)c1ccc2ccccc2c1.[Na+]. The van der Waals surface area contributed by atoms with Gasteiger partial charge in [0.15, 0.2) is 5.78 Å². The predicted molar refractivity (Wildman–Crippen MR) is 67.1 cm³/mol. The Morgan fingerprint density at radius 3 is 2.16 bits per heavy atom. The van der Waals surface area contributed by atoms with Crippen LogP contribution in [-0.2, 0) is 4.79 Å². The van der Waals surface area contributed by atoms with Crippen LogP contribution >= 0.6 is 0 Å². The van der Waals surface area contributed by atoms with Crippen LogP contribution in [0.15, 0.2) is 42.5 Å². The van der Waals surface area contributed by atoms with Gasteiger partial charge in [0.2, 0.25) is 0 Å². The molecule has 0 saturated heterocycles. The minimum Gasteiger partial charge on any atom is -0.549 e. The zero-order valence-corrected chi connectivity index (χ0v) is 13.3. The van der Waals surface area contributed by atoms with E-state index in [1.807, 2.05) is 30.3 Å². The van der Waals surface area contributed by atoms with Crippen LogP contribution in [0.4, 0.5) is 0 Å². The summed E-state index contributed by atoms with van der Waals surface area (Å²) >= 11 is 0. The largest absolute Gasteiger partial charge is 1.00 e. The number of carbonyl (C=O) groups is 2. The number of Topliss-reactive ketones (excluding diaryl/α,β-unsaturated/α-hetero) is 1. The Balaban J connectivity index is 0.00000180. The van der Waals surface area contributed by atoms with Crippen molar-refractivity contribution in [3.63, 3.8) is 0 Å². The Kier molecular flexibility index (Phi) is 4.91. The van der Waals surface area contributed by atoms with E-state index in [1.54, 1.807) is 12.1 Å².